The van der Waals surface area contributed by atoms with Crippen LogP contribution in [0.25, 0.3) is 11.5 Å². The Morgan fingerprint density at radius 2 is 1.86 bits per heavy atom. The predicted octanol–water partition coefficient (Wildman–Crippen LogP) is 3.87. The molecule has 6 nitrogen and oxygen atoms in total. The van der Waals surface area contributed by atoms with Crippen molar-refractivity contribution in [1.82, 2.24) is 15.2 Å². The first-order chi connectivity index (χ1) is 13.6. The summed E-state index contributed by atoms with van der Waals surface area (Å²) in [6.07, 6.45) is 1.68. The number of nitrogens with zero attached hydrogens (tertiary/aromatic N) is 3. The van der Waals surface area contributed by atoms with Gasteiger partial charge >= 0.3 is 0 Å². The molecule has 0 aliphatic carbocycles. The van der Waals surface area contributed by atoms with Crippen LogP contribution in [0.5, 0.6) is 5.75 Å². The molecule has 0 amide bonds. The van der Waals surface area contributed by atoms with Gasteiger partial charge in [0.25, 0.3) is 0 Å². The van der Waals surface area contributed by atoms with Crippen LogP contribution in [0, 0.1) is 6.92 Å². The zero-order valence-corrected chi connectivity index (χ0v) is 16.8. The summed E-state index contributed by atoms with van der Waals surface area (Å²) in [5, 5.41) is 3.33. The zero-order chi connectivity index (χ0) is 19.9. The average Bonchev–Trinajstić information content (AvgIpc) is 3.18. The molecule has 0 radical (unpaired) electrons. The minimum Gasteiger partial charge on any atom is -0.497 e. The summed E-state index contributed by atoms with van der Waals surface area (Å²) in [7, 11) is 5.44. The van der Waals surface area contributed by atoms with Gasteiger partial charge in [-0.05, 0) is 36.8 Å². The monoisotopic (exact) mass is 378 g/mol. The number of hydrogen-bond donors (Lipinski definition) is 1. The number of aryl methyl sites for hydroxylation is 1. The van der Waals surface area contributed by atoms with Crippen molar-refractivity contribution in [2.45, 2.75) is 20.0 Å². The fourth-order valence-corrected chi connectivity index (χ4v) is 2.85. The number of nitrogens with one attached hydrogen (secondary N) is 1. The Bertz CT molecular complexity index is 914. The Morgan fingerprint density at radius 1 is 1.14 bits per heavy atom. The van der Waals surface area contributed by atoms with Crippen molar-refractivity contribution in [3.63, 3.8) is 0 Å². The number of benzene rings is 2. The summed E-state index contributed by atoms with van der Waals surface area (Å²) >= 11 is 0. The molecule has 1 heterocycles. The lowest BCUT2D eigenvalue weighted by atomic mass is 10.1. The highest BCUT2D eigenvalue weighted by Gasteiger charge is 2.10. The van der Waals surface area contributed by atoms with Crippen LogP contribution in [-0.2, 0) is 13.1 Å². The Hall–Kier alpha value is -3.28. The number of aromatic nitrogens is 1. The van der Waals surface area contributed by atoms with Crippen LogP contribution in [-0.4, -0.2) is 37.0 Å². The number of aliphatic imine (C=N–C) groups is 1. The van der Waals surface area contributed by atoms with Gasteiger partial charge in [0.15, 0.2) is 5.96 Å². The van der Waals surface area contributed by atoms with E-state index in [1.807, 2.05) is 55.6 Å². The predicted molar refractivity (Wildman–Crippen MR) is 111 cm³/mol. The van der Waals surface area contributed by atoms with E-state index in [9.17, 15) is 0 Å². The quantitative estimate of drug-likeness (QED) is 0.521. The lowest BCUT2D eigenvalue weighted by Crippen LogP contribution is -2.38. The molecule has 2 aromatic carbocycles. The van der Waals surface area contributed by atoms with E-state index in [4.69, 9.17) is 9.15 Å². The van der Waals surface area contributed by atoms with E-state index in [0.717, 1.165) is 29.5 Å². The van der Waals surface area contributed by atoms with Crippen molar-refractivity contribution in [3.8, 4) is 17.2 Å². The van der Waals surface area contributed by atoms with E-state index in [2.05, 4.69) is 27.1 Å². The number of guanidine groups is 1. The fraction of sp³-hybridized carbons (Fsp3) is 0.273. The topological polar surface area (TPSA) is 62.9 Å². The zero-order valence-electron chi connectivity index (χ0n) is 16.8. The number of methoxy groups -OCH3 is 1. The molecule has 0 aliphatic heterocycles. The first-order valence-electron chi connectivity index (χ1n) is 9.15. The van der Waals surface area contributed by atoms with Gasteiger partial charge in [-0.15, -0.1) is 0 Å². The van der Waals surface area contributed by atoms with E-state index in [1.165, 1.54) is 11.1 Å². The van der Waals surface area contributed by atoms with Gasteiger partial charge in [0.1, 0.15) is 12.0 Å². The molecule has 28 heavy (non-hydrogen) atoms. The molecule has 6 heteroatoms. The summed E-state index contributed by atoms with van der Waals surface area (Å²) in [5.74, 6) is 2.26. The third-order valence-corrected chi connectivity index (χ3v) is 4.43. The molecular weight excluding hydrogens is 352 g/mol. The Morgan fingerprint density at radius 3 is 2.50 bits per heavy atom. The third-order valence-electron chi connectivity index (χ3n) is 4.43. The summed E-state index contributed by atoms with van der Waals surface area (Å²) in [4.78, 5) is 11.0. The fourth-order valence-electron chi connectivity index (χ4n) is 2.85. The second-order valence-corrected chi connectivity index (χ2v) is 6.61. The molecule has 1 N–H and O–H groups in total. The second-order valence-electron chi connectivity index (χ2n) is 6.61. The van der Waals surface area contributed by atoms with Crippen molar-refractivity contribution in [3.05, 3.63) is 71.6 Å². The average molecular weight is 378 g/mol. The van der Waals surface area contributed by atoms with Crippen LogP contribution in [0.1, 0.15) is 16.8 Å². The molecule has 0 saturated heterocycles. The molecule has 1 aromatic heterocycles. The Balaban J connectivity index is 1.58. The van der Waals surface area contributed by atoms with E-state index in [0.29, 0.717) is 12.4 Å². The van der Waals surface area contributed by atoms with Crippen LogP contribution in [0.15, 0.2) is 64.2 Å². The smallest absolute Gasteiger partial charge is 0.226 e. The van der Waals surface area contributed by atoms with E-state index < -0.39 is 0 Å². The Kier molecular flexibility index (Phi) is 6.32. The van der Waals surface area contributed by atoms with Crippen LogP contribution < -0.4 is 10.1 Å². The summed E-state index contributed by atoms with van der Waals surface area (Å²) < 4.78 is 10.8. The maximum atomic E-state index is 5.62. The van der Waals surface area contributed by atoms with Gasteiger partial charge in [0, 0.05) is 26.2 Å². The van der Waals surface area contributed by atoms with Crippen LogP contribution in [0.4, 0.5) is 0 Å². The molecule has 0 atom stereocenters. The molecule has 0 unspecified atom stereocenters. The van der Waals surface area contributed by atoms with E-state index in [-0.39, 0.29) is 0 Å². The molecule has 0 bridgehead atoms. The maximum Gasteiger partial charge on any atom is 0.226 e. The van der Waals surface area contributed by atoms with Gasteiger partial charge in [-0.1, -0.05) is 29.8 Å². The number of hydrogen-bond acceptors (Lipinski definition) is 4. The van der Waals surface area contributed by atoms with Crippen LogP contribution in [0.3, 0.4) is 0 Å². The highest BCUT2D eigenvalue weighted by molar-refractivity contribution is 5.79. The van der Waals surface area contributed by atoms with Gasteiger partial charge in [0.05, 0.1) is 19.3 Å². The van der Waals surface area contributed by atoms with Gasteiger partial charge < -0.3 is 19.4 Å². The van der Waals surface area contributed by atoms with Gasteiger partial charge in [-0.25, -0.2) is 4.98 Å². The number of oxazole rings is 1. The van der Waals surface area contributed by atoms with E-state index in [1.54, 1.807) is 20.4 Å². The summed E-state index contributed by atoms with van der Waals surface area (Å²) in [6.45, 7) is 3.33. The normalized spacial score (nSPS) is 11.4. The molecule has 0 fully saturated rings. The standard InChI is InChI=1S/C22H26N4O2/c1-16-5-9-18(10-6-16)21-25-19(15-28-21)13-24-22(23-2)26(3)14-17-7-11-20(27-4)12-8-17/h5-12,15H,13-14H2,1-4H3,(H,23,24). The lowest BCUT2D eigenvalue weighted by molar-refractivity contribution is 0.414. The molecule has 3 rings (SSSR count). The lowest BCUT2D eigenvalue weighted by Gasteiger charge is -2.22. The van der Waals surface area contributed by atoms with Gasteiger partial charge in [-0.2, -0.15) is 0 Å². The van der Waals surface area contributed by atoms with Crippen molar-refractivity contribution < 1.29 is 9.15 Å². The summed E-state index contributed by atoms with van der Waals surface area (Å²) in [6, 6.07) is 16.1. The van der Waals surface area contributed by atoms with Crippen LogP contribution in [0.2, 0.25) is 0 Å². The van der Waals surface area contributed by atoms with Crippen molar-refractivity contribution >= 4 is 5.96 Å². The maximum absolute atomic E-state index is 5.62. The minimum atomic E-state index is 0.537. The molecule has 146 valence electrons. The molecule has 0 saturated carbocycles. The van der Waals surface area contributed by atoms with Crippen molar-refractivity contribution in [2.24, 2.45) is 4.99 Å². The first kappa shape index (κ1) is 19.5. The highest BCUT2D eigenvalue weighted by atomic mass is 16.5. The van der Waals surface area contributed by atoms with Crippen molar-refractivity contribution in [1.29, 1.82) is 0 Å². The molecule has 0 spiro atoms. The molecular formula is C22H26N4O2. The summed E-state index contributed by atoms with van der Waals surface area (Å²) in [5.41, 5.74) is 4.18. The van der Waals surface area contributed by atoms with Gasteiger partial charge in [-0.3, -0.25) is 4.99 Å². The second kappa shape index (κ2) is 9.08. The number of ether oxygens (including phenoxy) is 1. The van der Waals surface area contributed by atoms with Crippen LogP contribution >= 0.6 is 0 Å². The first-order valence-corrected chi connectivity index (χ1v) is 9.15. The minimum absolute atomic E-state index is 0.537. The largest absolute Gasteiger partial charge is 0.497 e. The van der Waals surface area contributed by atoms with Gasteiger partial charge in [0.2, 0.25) is 5.89 Å². The molecule has 3 aromatic rings. The molecule has 0 aliphatic rings. The SMILES string of the molecule is CN=C(NCc1coc(-c2ccc(C)cc2)n1)N(C)Cc1ccc(OC)cc1. The Labute approximate surface area is 165 Å². The van der Waals surface area contributed by atoms with E-state index >= 15 is 0 Å². The van der Waals surface area contributed by atoms with Crippen molar-refractivity contribution in [2.75, 3.05) is 21.2 Å². The highest BCUT2D eigenvalue weighted by Crippen LogP contribution is 2.19. The number of rotatable bonds is 6. The third kappa shape index (κ3) is 4.91.